The fourth-order valence-corrected chi connectivity index (χ4v) is 2.94. The molecule has 0 saturated heterocycles. The van der Waals surface area contributed by atoms with E-state index < -0.39 is 24.0 Å². The van der Waals surface area contributed by atoms with E-state index >= 15 is 0 Å². The van der Waals surface area contributed by atoms with Crippen molar-refractivity contribution in [3.8, 4) is 0 Å². The van der Waals surface area contributed by atoms with Crippen molar-refractivity contribution in [3.63, 3.8) is 0 Å². The molecule has 1 aromatic heterocycles. The number of fused-ring (bicyclic) bond motifs is 2. The zero-order valence-electron chi connectivity index (χ0n) is 13.2. The van der Waals surface area contributed by atoms with Crippen LogP contribution in [0, 0.1) is 0 Å². The predicted molar refractivity (Wildman–Crippen MR) is 86.4 cm³/mol. The molecule has 1 aromatic carbocycles. The number of imide groups is 1. The molecule has 2 aromatic rings. The average molecular weight is 327 g/mol. The van der Waals surface area contributed by atoms with Gasteiger partial charge in [0, 0.05) is 11.1 Å². The molecule has 7 heteroatoms. The second-order valence-corrected chi connectivity index (χ2v) is 5.68. The van der Waals surface area contributed by atoms with Crippen LogP contribution in [-0.4, -0.2) is 29.0 Å². The molecule has 0 unspecified atom stereocenters. The molecule has 3 amide bonds. The molecule has 0 saturated carbocycles. The van der Waals surface area contributed by atoms with Crippen LogP contribution >= 0.6 is 0 Å². The molecule has 1 aliphatic rings. The Morgan fingerprint density at radius 3 is 2.75 bits per heavy atom. The number of hydrogen-bond donors (Lipinski definition) is 2. The third kappa shape index (κ3) is 2.92. The van der Waals surface area contributed by atoms with Crippen molar-refractivity contribution >= 4 is 28.8 Å². The van der Waals surface area contributed by atoms with Crippen LogP contribution < -0.4 is 11.1 Å². The molecule has 3 rings (SSSR count). The lowest BCUT2D eigenvalue weighted by Crippen LogP contribution is -2.42. The highest BCUT2D eigenvalue weighted by molar-refractivity contribution is 6.06. The third-order valence-electron chi connectivity index (χ3n) is 4.02. The molecule has 0 aliphatic heterocycles. The second-order valence-electron chi connectivity index (χ2n) is 5.68. The Balaban J connectivity index is 1.95. The van der Waals surface area contributed by atoms with Gasteiger partial charge in [0.15, 0.2) is 6.10 Å². The highest BCUT2D eigenvalue weighted by Gasteiger charge is 2.27. The minimum atomic E-state index is -1.13. The lowest BCUT2D eigenvalue weighted by molar-refractivity contribution is -0.127. The lowest BCUT2D eigenvalue weighted by atomic mass is 10.0. The number of nitrogens with zero attached hydrogens (tertiary/aromatic N) is 1. The molecule has 0 spiro atoms. The first-order valence-electron chi connectivity index (χ1n) is 7.69. The van der Waals surface area contributed by atoms with Crippen LogP contribution in [0.2, 0.25) is 0 Å². The van der Waals surface area contributed by atoms with Gasteiger partial charge < -0.3 is 10.5 Å². The number of aromatic nitrogens is 1. The molecular formula is C17H17N3O4. The number of carbonyl (C=O) groups is 3. The van der Waals surface area contributed by atoms with Gasteiger partial charge in [-0.25, -0.2) is 9.59 Å². The number of hydrogen-bond acceptors (Lipinski definition) is 5. The summed E-state index contributed by atoms with van der Waals surface area (Å²) in [5.74, 6) is -1.36. The summed E-state index contributed by atoms with van der Waals surface area (Å²) in [5.41, 5.74) is 7.85. The standard InChI is InChI=1S/C17H17N3O4/c1-9(15(21)20-17(18)23)24-16(22)14-10-5-2-3-7-12(10)19-13-8-4-6-11(13)14/h2-3,5,7,9H,4,6,8H2,1H3,(H3,18,20,21,23)/t9-/m0/s1. The molecule has 0 bridgehead atoms. The molecule has 0 fully saturated rings. The zero-order chi connectivity index (χ0) is 17.3. The summed E-state index contributed by atoms with van der Waals surface area (Å²) in [5, 5.41) is 2.60. The maximum Gasteiger partial charge on any atom is 0.339 e. The quantitative estimate of drug-likeness (QED) is 0.829. The fourth-order valence-electron chi connectivity index (χ4n) is 2.94. The summed E-state index contributed by atoms with van der Waals surface area (Å²) in [6.07, 6.45) is 1.36. The van der Waals surface area contributed by atoms with Gasteiger partial charge in [-0.15, -0.1) is 0 Å². The van der Waals surface area contributed by atoms with Crippen LogP contribution in [-0.2, 0) is 22.4 Å². The van der Waals surface area contributed by atoms with Gasteiger partial charge in [0.05, 0.1) is 11.1 Å². The molecule has 1 heterocycles. The molecular weight excluding hydrogens is 310 g/mol. The van der Waals surface area contributed by atoms with Crippen molar-refractivity contribution in [2.45, 2.75) is 32.3 Å². The summed E-state index contributed by atoms with van der Waals surface area (Å²) in [4.78, 5) is 39.7. The molecule has 3 N–H and O–H groups in total. The smallest absolute Gasteiger partial charge is 0.339 e. The van der Waals surface area contributed by atoms with Gasteiger partial charge in [-0.2, -0.15) is 0 Å². The van der Waals surface area contributed by atoms with E-state index in [9.17, 15) is 14.4 Å². The highest BCUT2D eigenvalue weighted by atomic mass is 16.5. The Morgan fingerprint density at radius 1 is 1.25 bits per heavy atom. The van der Waals surface area contributed by atoms with Crippen LogP contribution in [0.1, 0.15) is 35.0 Å². The Labute approximate surface area is 138 Å². The van der Waals surface area contributed by atoms with Gasteiger partial charge in [-0.1, -0.05) is 18.2 Å². The minimum Gasteiger partial charge on any atom is -0.449 e. The van der Waals surface area contributed by atoms with Crippen molar-refractivity contribution in [1.29, 1.82) is 0 Å². The second kappa shape index (κ2) is 6.27. The summed E-state index contributed by atoms with van der Waals surface area (Å²) in [6, 6.07) is 6.35. The number of urea groups is 1. The number of ether oxygens (including phenoxy) is 1. The molecule has 24 heavy (non-hydrogen) atoms. The Hall–Kier alpha value is -2.96. The van der Waals surface area contributed by atoms with Gasteiger partial charge in [-0.05, 0) is 37.8 Å². The Morgan fingerprint density at radius 2 is 2.00 bits per heavy atom. The van der Waals surface area contributed by atoms with Crippen molar-refractivity contribution in [3.05, 3.63) is 41.1 Å². The zero-order valence-corrected chi connectivity index (χ0v) is 13.2. The minimum absolute atomic E-state index is 0.451. The van der Waals surface area contributed by atoms with E-state index in [0.29, 0.717) is 10.9 Å². The van der Waals surface area contributed by atoms with Gasteiger partial charge in [-0.3, -0.25) is 15.1 Å². The Kier molecular flexibility index (Phi) is 4.16. The number of rotatable bonds is 3. The van der Waals surface area contributed by atoms with E-state index in [-0.39, 0.29) is 0 Å². The molecule has 0 radical (unpaired) electrons. The highest BCUT2D eigenvalue weighted by Crippen LogP contribution is 2.30. The van der Waals surface area contributed by atoms with E-state index in [1.165, 1.54) is 6.92 Å². The number of carbonyl (C=O) groups excluding carboxylic acids is 3. The first-order chi connectivity index (χ1) is 11.5. The number of nitrogens with two attached hydrogens (primary N) is 1. The molecule has 1 atom stereocenters. The topological polar surface area (TPSA) is 111 Å². The van der Waals surface area contributed by atoms with Crippen LogP contribution in [0.15, 0.2) is 24.3 Å². The summed E-state index contributed by atoms with van der Waals surface area (Å²) >= 11 is 0. The van der Waals surface area contributed by atoms with E-state index in [2.05, 4.69) is 4.98 Å². The van der Waals surface area contributed by atoms with Crippen LogP contribution in [0.25, 0.3) is 10.9 Å². The monoisotopic (exact) mass is 327 g/mol. The van der Waals surface area contributed by atoms with Crippen LogP contribution in [0.4, 0.5) is 4.79 Å². The first-order valence-corrected chi connectivity index (χ1v) is 7.69. The number of primary amides is 1. The van der Waals surface area contributed by atoms with E-state index in [1.807, 2.05) is 29.6 Å². The fraction of sp³-hybridized carbons (Fsp3) is 0.294. The summed E-state index contributed by atoms with van der Waals surface area (Å²) < 4.78 is 5.25. The van der Waals surface area contributed by atoms with Gasteiger partial charge >= 0.3 is 12.0 Å². The first kappa shape index (κ1) is 15.9. The van der Waals surface area contributed by atoms with Gasteiger partial charge in [0.1, 0.15) is 0 Å². The number of pyridine rings is 1. The number of benzene rings is 1. The number of nitrogens with one attached hydrogen (secondary N) is 1. The largest absolute Gasteiger partial charge is 0.449 e. The normalized spacial score (nSPS) is 14.0. The SMILES string of the molecule is C[C@H](OC(=O)c1c2c(nc3ccccc13)CCC2)C(=O)NC(N)=O. The molecule has 124 valence electrons. The van der Waals surface area contributed by atoms with E-state index in [0.717, 1.165) is 36.0 Å². The van der Waals surface area contributed by atoms with Crippen molar-refractivity contribution in [2.75, 3.05) is 0 Å². The van der Waals surface area contributed by atoms with Gasteiger partial charge in [0.25, 0.3) is 5.91 Å². The number of amides is 3. The van der Waals surface area contributed by atoms with Crippen LogP contribution in [0.3, 0.4) is 0 Å². The molecule has 7 nitrogen and oxygen atoms in total. The van der Waals surface area contributed by atoms with Crippen molar-refractivity contribution in [1.82, 2.24) is 10.3 Å². The Bertz CT molecular complexity index is 847. The van der Waals surface area contributed by atoms with Crippen LogP contribution in [0.5, 0.6) is 0 Å². The summed E-state index contributed by atoms with van der Waals surface area (Å²) in [6.45, 7) is 1.39. The maximum absolute atomic E-state index is 12.7. The maximum atomic E-state index is 12.7. The third-order valence-corrected chi connectivity index (χ3v) is 4.02. The predicted octanol–water partition coefficient (Wildman–Crippen LogP) is 1.46. The average Bonchev–Trinajstić information content (AvgIpc) is 2.99. The van der Waals surface area contributed by atoms with Gasteiger partial charge in [0.2, 0.25) is 0 Å². The summed E-state index contributed by atoms with van der Waals surface area (Å²) in [7, 11) is 0. The van der Waals surface area contributed by atoms with E-state index in [4.69, 9.17) is 10.5 Å². The number of aryl methyl sites for hydroxylation is 1. The lowest BCUT2D eigenvalue weighted by Gasteiger charge is -2.15. The van der Waals surface area contributed by atoms with E-state index in [1.54, 1.807) is 0 Å². The molecule has 1 aliphatic carbocycles. The number of para-hydroxylation sites is 1. The number of esters is 1. The van der Waals surface area contributed by atoms with Crippen molar-refractivity contribution in [2.24, 2.45) is 5.73 Å². The van der Waals surface area contributed by atoms with Crippen molar-refractivity contribution < 1.29 is 19.1 Å².